The Morgan fingerprint density at radius 3 is 2.62 bits per heavy atom. The zero-order valence-electron chi connectivity index (χ0n) is 12.0. The molecule has 2 N–H and O–H groups in total. The molecular formula is C15H18N2O4. The van der Waals surface area contributed by atoms with Crippen molar-refractivity contribution in [1.82, 2.24) is 9.97 Å². The Hall–Kier alpha value is -2.34. The van der Waals surface area contributed by atoms with Gasteiger partial charge in [0.2, 0.25) is 0 Å². The maximum absolute atomic E-state index is 11.9. The van der Waals surface area contributed by atoms with Crippen LogP contribution < -0.4 is 15.0 Å². The molecule has 0 spiro atoms. The summed E-state index contributed by atoms with van der Waals surface area (Å²) in [6.07, 6.45) is 0.293. The van der Waals surface area contributed by atoms with Gasteiger partial charge in [0, 0.05) is 24.3 Å². The number of nitrogens with zero attached hydrogens (tertiary/aromatic N) is 1. The molecule has 0 bridgehead atoms. The molecule has 0 aliphatic carbocycles. The van der Waals surface area contributed by atoms with Gasteiger partial charge < -0.3 is 19.6 Å². The Morgan fingerprint density at radius 1 is 1.29 bits per heavy atom. The van der Waals surface area contributed by atoms with Gasteiger partial charge in [-0.25, -0.2) is 4.98 Å². The van der Waals surface area contributed by atoms with E-state index < -0.39 is 0 Å². The highest BCUT2D eigenvalue weighted by atomic mass is 16.5. The average Bonchev–Trinajstić information content (AvgIpc) is 2.49. The molecule has 0 saturated carbocycles. The fraction of sp³-hybridized carbons (Fsp3) is 0.333. The van der Waals surface area contributed by atoms with Crippen molar-refractivity contribution in [2.45, 2.75) is 20.0 Å². The van der Waals surface area contributed by atoms with Crippen LogP contribution in [-0.4, -0.2) is 28.8 Å². The molecule has 2 aromatic rings. The van der Waals surface area contributed by atoms with E-state index in [1.165, 1.54) is 0 Å². The minimum atomic E-state index is -0.241. The second-order valence-corrected chi connectivity index (χ2v) is 4.49. The van der Waals surface area contributed by atoms with E-state index in [1.54, 1.807) is 26.2 Å². The molecule has 6 heteroatoms. The molecule has 0 fully saturated rings. The predicted molar refractivity (Wildman–Crippen MR) is 77.7 cm³/mol. The number of aryl methyl sites for hydroxylation is 1. The minimum absolute atomic E-state index is 0.0807. The Labute approximate surface area is 122 Å². The number of hydrogen-bond donors (Lipinski definition) is 2. The quantitative estimate of drug-likeness (QED) is 0.835. The summed E-state index contributed by atoms with van der Waals surface area (Å²) >= 11 is 0. The molecule has 112 valence electrons. The lowest BCUT2D eigenvalue weighted by atomic mass is 10.2. The van der Waals surface area contributed by atoms with Gasteiger partial charge in [-0.3, -0.25) is 4.79 Å². The van der Waals surface area contributed by atoms with Crippen LogP contribution in [0, 0.1) is 6.92 Å². The van der Waals surface area contributed by atoms with Crippen LogP contribution >= 0.6 is 0 Å². The van der Waals surface area contributed by atoms with Gasteiger partial charge in [-0.1, -0.05) is 12.1 Å². The largest absolute Gasteiger partial charge is 0.493 e. The number of benzene rings is 1. The molecule has 1 aromatic heterocycles. The number of ether oxygens (including phenoxy) is 2. The van der Waals surface area contributed by atoms with Crippen molar-refractivity contribution in [3.8, 4) is 11.5 Å². The van der Waals surface area contributed by atoms with Gasteiger partial charge in [0.15, 0.2) is 11.5 Å². The van der Waals surface area contributed by atoms with Crippen LogP contribution in [0.1, 0.15) is 17.1 Å². The number of methoxy groups -OCH3 is 1. The van der Waals surface area contributed by atoms with Crippen molar-refractivity contribution in [3.63, 3.8) is 0 Å². The number of aliphatic hydroxyl groups is 1. The van der Waals surface area contributed by atoms with Gasteiger partial charge in [-0.15, -0.1) is 0 Å². The summed E-state index contributed by atoms with van der Waals surface area (Å²) in [5, 5.41) is 8.93. The van der Waals surface area contributed by atoms with E-state index in [-0.39, 0.29) is 18.8 Å². The summed E-state index contributed by atoms with van der Waals surface area (Å²) in [7, 11) is 1.57. The van der Waals surface area contributed by atoms with E-state index in [9.17, 15) is 4.79 Å². The first-order valence-electron chi connectivity index (χ1n) is 6.61. The van der Waals surface area contributed by atoms with Crippen LogP contribution in [0.3, 0.4) is 0 Å². The van der Waals surface area contributed by atoms with Gasteiger partial charge >= 0.3 is 0 Å². The Bertz CT molecular complexity index is 667. The van der Waals surface area contributed by atoms with Crippen molar-refractivity contribution in [2.24, 2.45) is 0 Å². The third kappa shape index (κ3) is 3.61. The first kappa shape index (κ1) is 15.1. The molecule has 0 unspecified atom stereocenters. The predicted octanol–water partition coefficient (Wildman–Crippen LogP) is 1.20. The zero-order chi connectivity index (χ0) is 15.2. The number of para-hydroxylation sites is 2. The number of H-pyrrole nitrogens is 1. The highest BCUT2D eigenvalue weighted by molar-refractivity contribution is 5.39. The molecule has 2 rings (SSSR count). The fourth-order valence-electron chi connectivity index (χ4n) is 2.03. The van der Waals surface area contributed by atoms with Crippen LogP contribution in [0.15, 0.2) is 29.1 Å². The van der Waals surface area contributed by atoms with E-state index in [0.29, 0.717) is 35.0 Å². The lowest BCUT2D eigenvalue weighted by molar-refractivity contribution is 0.275. The number of aliphatic hydroxyl groups excluding tert-OH is 1. The molecule has 0 aliphatic heterocycles. The van der Waals surface area contributed by atoms with Gasteiger partial charge in [0.05, 0.1) is 7.11 Å². The second kappa shape index (κ2) is 6.90. The van der Waals surface area contributed by atoms with E-state index in [1.807, 2.05) is 12.1 Å². The van der Waals surface area contributed by atoms with Crippen molar-refractivity contribution in [2.75, 3.05) is 13.7 Å². The lowest BCUT2D eigenvalue weighted by Gasteiger charge is -2.11. The Balaban J connectivity index is 2.15. The lowest BCUT2D eigenvalue weighted by Crippen LogP contribution is -2.21. The number of nitrogens with one attached hydrogen (secondary N) is 1. The smallest absolute Gasteiger partial charge is 0.254 e. The first-order valence-corrected chi connectivity index (χ1v) is 6.61. The molecule has 0 radical (unpaired) electrons. The van der Waals surface area contributed by atoms with Crippen LogP contribution in [0.5, 0.6) is 11.5 Å². The standard InChI is InChI=1S/C15H18N2O4/c1-10-11(7-8-18)15(19)17-14(16-10)9-21-13-6-4-3-5-12(13)20-2/h3-6,18H,7-9H2,1-2H3,(H,16,17,19). The highest BCUT2D eigenvalue weighted by Gasteiger charge is 2.09. The number of aromatic nitrogens is 2. The molecule has 0 saturated heterocycles. The molecule has 6 nitrogen and oxygen atoms in total. The van der Waals surface area contributed by atoms with Gasteiger partial charge in [0.1, 0.15) is 12.4 Å². The van der Waals surface area contributed by atoms with E-state index in [2.05, 4.69) is 9.97 Å². The van der Waals surface area contributed by atoms with Crippen molar-refractivity contribution in [1.29, 1.82) is 0 Å². The summed E-state index contributed by atoms with van der Waals surface area (Å²) in [5.41, 5.74) is 0.861. The monoisotopic (exact) mass is 290 g/mol. The SMILES string of the molecule is COc1ccccc1OCc1nc(C)c(CCO)c(=O)[nH]1. The minimum Gasteiger partial charge on any atom is -0.493 e. The first-order chi connectivity index (χ1) is 10.2. The van der Waals surface area contributed by atoms with Gasteiger partial charge in [-0.05, 0) is 19.1 Å². The Kier molecular flexibility index (Phi) is 4.94. The van der Waals surface area contributed by atoms with Crippen molar-refractivity contribution >= 4 is 0 Å². The molecule has 0 atom stereocenters. The van der Waals surface area contributed by atoms with Crippen LogP contribution in [0.4, 0.5) is 0 Å². The molecule has 1 aromatic carbocycles. The van der Waals surface area contributed by atoms with Crippen molar-refractivity contribution < 1.29 is 14.6 Å². The molecule has 21 heavy (non-hydrogen) atoms. The molecular weight excluding hydrogens is 272 g/mol. The van der Waals surface area contributed by atoms with Crippen LogP contribution in [0.25, 0.3) is 0 Å². The van der Waals surface area contributed by atoms with E-state index >= 15 is 0 Å². The number of hydrogen-bond acceptors (Lipinski definition) is 5. The number of rotatable bonds is 6. The van der Waals surface area contributed by atoms with Gasteiger partial charge in [0.25, 0.3) is 5.56 Å². The highest BCUT2D eigenvalue weighted by Crippen LogP contribution is 2.26. The molecule has 0 aliphatic rings. The average molecular weight is 290 g/mol. The maximum Gasteiger partial charge on any atom is 0.254 e. The molecule has 1 heterocycles. The van der Waals surface area contributed by atoms with Crippen molar-refractivity contribution in [3.05, 3.63) is 51.7 Å². The summed E-state index contributed by atoms with van der Waals surface area (Å²) in [6, 6.07) is 7.26. The third-order valence-corrected chi connectivity index (χ3v) is 3.07. The fourth-order valence-corrected chi connectivity index (χ4v) is 2.03. The zero-order valence-corrected chi connectivity index (χ0v) is 12.0. The second-order valence-electron chi connectivity index (χ2n) is 4.49. The Morgan fingerprint density at radius 2 is 2.00 bits per heavy atom. The number of aromatic amines is 1. The summed E-state index contributed by atoms with van der Waals surface area (Å²) in [4.78, 5) is 18.9. The summed E-state index contributed by atoms with van der Waals surface area (Å²) in [5.74, 6) is 1.64. The van der Waals surface area contributed by atoms with Crippen LogP contribution in [-0.2, 0) is 13.0 Å². The topological polar surface area (TPSA) is 84.4 Å². The summed E-state index contributed by atoms with van der Waals surface area (Å²) in [6.45, 7) is 1.80. The molecule has 0 amide bonds. The maximum atomic E-state index is 11.9. The van der Waals surface area contributed by atoms with E-state index in [0.717, 1.165) is 0 Å². The normalized spacial score (nSPS) is 10.4. The van der Waals surface area contributed by atoms with Crippen LogP contribution in [0.2, 0.25) is 0 Å². The van der Waals surface area contributed by atoms with E-state index in [4.69, 9.17) is 14.6 Å². The summed E-state index contributed by atoms with van der Waals surface area (Å²) < 4.78 is 10.8. The third-order valence-electron chi connectivity index (χ3n) is 3.07. The van der Waals surface area contributed by atoms with Gasteiger partial charge in [-0.2, -0.15) is 0 Å².